The highest BCUT2D eigenvalue weighted by Crippen LogP contribution is 2.22. The zero-order valence-corrected chi connectivity index (χ0v) is 8.34. The largest absolute Gasteiger partial charge is 0.508 e. The van der Waals surface area contributed by atoms with Crippen molar-refractivity contribution in [2.75, 3.05) is 7.11 Å². The van der Waals surface area contributed by atoms with Gasteiger partial charge in [0.1, 0.15) is 11.5 Å². The first-order chi connectivity index (χ1) is 7.29. The molecule has 1 heterocycles. The first-order valence-corrected chi connectivity index (χ1v) is 4.59. The maximum Gasteiger partial charge on any atom is 0.122 e. The van der Waals surface area contributed by atoms with E-state index in [2.05, 4.69) is 4.98 Å². The lowest BCUT2D eigenvalue weighted by Gasteiger charge is -2.03. The normalized spacial score (nSPS) is 9.93. The number of hydrogen-bond donors (Lipinski definition) is 1. The van der Waals surface area contributed by atoms with Crippen LogP contribution in [-0.2, 0) is 0 Å². The average molecular weight is 201 g/mol. The van der Waals surface area contributed by atoms with Gasteiger partial charge in [-0.25, -0.2) is 0 Å². The van der Waals surface area contributed by atoms with E-state index in [0.29, 0.717) is 0 Å². The van der Waals surface area contributed by atoms with E-state index in [1.807, 2.05) is 18.2 Å². The average Bonchev–Trinajstić information content (AvgIpc) is 2.30. The fourth-order valence-electron chi connectivity index (χ4n) is 1.33. The predicted molar refractivity (Wildman–Crippen MR) is 57.9 cm³/mol. The van der Waals surface area contributed by atoms with Crippen LogP contribution in [0.3, 0.4) is 0 Å². The summed E-state index contributed by atoms with van der Waals surface area (Å²) in [4.78, 5) is 4.23. The first-order valence-electron chi connectivity index (χ1n) is 4.59. The number of hydrogen-bond acceptors (Lipinski definition) is 3. The summed E-state index contributed by atoms with van der Waals surface area (Å²) in [5, 5.41) is 9.16. The number of phenols is 1. The Labute approximate surface area is 88.0 Å². The molecule has 1 aromatic heterocycles. The van der Waals surface area contributed by atoms with Gasteiger partial charge in [-0.15, -0.1) is 0 Å². The molecule has 2 rings (SSSR count). The van der Waals surface area contributed by atoms with Gasteiger partial charge in [-0.2, -0.15) is 0 Å². The summed E-state index contributed by atoms with van der Waals surface area (Å²) in [7, 11) is 1.62. The van der Waals surface area contributed by atoms with Gasteiger partial charge in [0.2, 0.25) is 0 Å². The molecule has 1 N–H and O–H groups in total. The summed E-state index contributed by atoms with van der Waals surface area (Å²) in [5.74, 6) is 1.02. The maximum absolute atomic E-state index is 9.16. The van der Waals surface area contributed by atoms with E-state index in [4.69, 9.17) is 9.84 Å². The zero-order valence-electron chi connectivity index (χ0n) is 8.34. The summed E-state index contributed by atoms with van der Waals surface area (Å²) in [5.41, 5.74) is 1.78. The quantitative estimate of drug-likeness (QED) is 0.811. The molecule has 3 nitrogen and oxygen atoms in total. The van der Waals surface area contributed by atoms with Crippen molar-refractivity contribution in [3.63, 3.8) is 0 Å². The van der Waals surface area contributed by atoms with Crippen LogP contribution >= 0.6 is 0 Å². The molecule has 15 heavy (non-hydrogen) atoms. The molecular weight excluding hydrogens is 190 g/mol. The highest BCUT2D eigenvalue weighted by molar-refractivity contribution is 5.61. The van der Waals surface area contributed by atoms with Gasteiger partial charge in [-0.05, 0) is 30.3 Å². The lowest BCUT2D eigenvalue weighted by atomic mass is 10.1. The second kappa shape index (κ2) is 4.00. The molecule has 0 radical (unpaired) electrons. The number of benzene rings is 1. The van der Waals surface area contributed by atoms with Gasteiger partial charge in [-0.1, -0.05) is 0 Å². The summed E-state index contributed by atoms with van der Waals surface area (Å²) in [6.45, 7) is 0. The third-order valence-corrected chi connectivity index (χ3v) is 2.13. The third-order valence-electron chi connectivity index (χ3n) is 2.13. The van der Waals surface area contributed by atoms with Gasteiger partial charge >= 0.3 is 0 Å². The second-order valence-corrected chi connectivity index (χ2v) is 3.13. The number of ether oxygens (including phenoxy) is 1. The van der Waals surface area contributed by atoms with E-state index >= 15 is 0 Å². The number of rotatable bonds is 2. The molecule has 0 saturated heterocycles. The zero-order chi connectivity index (χ0) is 10.7. The smallest absolute Gasteiger partial charge is 0.122 e. The van der Waals surface area contributed by atoms with Crippen LogP contribution in [0.15, 0.2) is 42.6 Å². The summed E-state index contributed by atoms with van der Waals surface area (Å²) >= 11 is 0. The van der Waals surface area contributed by atoms with E-state index in [1.165, 1.54) is 0 Å². The first kappa shape index (κ1) is 9.52. The Balaban J connectivity index is 2.40. The van der Waals surface area contributed by atoms with E-state index < -0.39 is 0 Å². The minimum atomic E-state index is 0.252. The Bertz CT molecular complexity index is 451. The standard InChI is InChI=1S/C12H11NO2/c1-15-11-6-7-13-12(8-11)9-2-4-10(14)5-3-9/h2-8,14H,1H3. The minimum Gasteiger partial charge on any atom is -0.508 e. The molecule has 2 aromatic rings. The van der Waals surface area contributed by atoms with Crippen LogP contribution in [0.25, 0.3) is 11.3 Å². The molecule has 0 amide bonds. The van der Waals surface area contributed by atoms with Crippen molar-refractivity contribution in [3.05, 3.63) is 42.6 Å². The predicted octanol–water partition coefficient (Wildman–Crippen LogP) is 2.46. The van der Waals surface area contributed by atoms with Crippen LogP contribution in [0.4, 0.5) is 0 Å². The van der Waals surface area contributed by atoms with E-state index in [9.17, 15) is 0 Å². The molecule has 0 saturated carbocycles. The Morgan fingerprint density at radius 1 is 1.13 bits per heavy atom. The Morgan fingerprint density at radius 2 is 1.87 bits per heavy atom. The number of aromatic hydroxyl groups is 1. The lowest BCUT2D eigenvalue weighted by molar-refractivity contribution is 0.414. The van der Waals surface area contributed by atoms with Gasteiger partial charge < -0.3 is 9.84 Å². The van der Waals surface area contributed by atoms with Gasteiger partial charge in [0, 0.05) is 17.8 Å². The number of pyridine rings is 1. The maximum atomic E-state index is 9.16. The topological polar surface area (TPSA) is 42.4 Å². The van der Waals surface area contributed by atoms with E-state index in [-0.39, 0.29) is 5.75 Å². The van der Waals surface area contributed by atoms with Gasteiger partial charge in [0.05, 0.1) is 12.8 Å². The monoisotopic (exact) mass is 201 g/mol. The fraction of sp³-hybridized carbons (Fsp3) is 0.0833. The molecule has 0 fully saturated rings. The van der Waals surface area contributed by atoms with Crippen molar-refractivity contribution in [1.29, 1.82) is 0 Å². The van der Waals surface area contributed by atoms with Crippen molar-refractivity contribution < 1.29 is 9.84 Å². The summed E-state index contributed by atoms with van der Waals surface area (Å²) in [6, 6.07) is 10.6. The Morgan fingerprint density at radius 3 is 2.53 bits per heavy atom. The highest BCUT2D eigenvalue weighted by atomic mass is 16.5. The summed E-state index contributed by atoms with van der Waals surface area (Å²) in [6.07, 6.45) is 1.70. The molecule has 0 aliphatic carbocycles. The summed E-state index contributed by atoms with van der Waals surface area (Å²) < 4.78 is 5.11. The molecule has 0 aliphatic rings. The van der Waals surface area contributed by atoms with Crippen molar-refractivity contribution in [3.8, 4) is 22.8 Å². The lowest BCUT2D eigenvalue weighted by Crippen LogP contribution is -1.86. The van der Waals surface area contributed by atoms with Crippen molar-refractivity contribution in [2.24, 2.45) is 0 Å². The Hall–Kier alpha value is -2.03. The number of aromatic nitrogens is 1. The SMILES string of the molecule is COc1ccnc(-c2ccc(O)cc2)c1. The third kappa shape index (κ3) is 2.07. The molecule has 0 aliphatic heterocycles. The molecule has 76 valence electrons. The molecule has 1 aromatic carbocycles. The Kier molecular flexibility index (Phi) is 2.54. The number of methoxy groups -OCH3 is 1. The van der Waals surface area contributed by atoms with Gasteiger partial charge in [0.25, 0.3) is 0 Å². The molecule has 0 atom stereocenters. The molecular formula is C12H11NO2. The van der Waals surface area contributed by atoms with Gasteiger partial charge in [-0.3, -0.25) is 4.98 Å². The molecule has 0 bridgehead atoms. The second-order valence-electron chi connectivity index (χ2n) is 3.13. The van der Waals surface area contributed by atoms with Crippen LogP contribution in [0.5, 0.6) is 11.5 Å². The van der Waals surface area contributed by atoms with Crippen molar-refractivity contribution >= 4 is 0 Å². The van der Waals surface area contributed by atoms with Crippen LogP contribution in [-0.4, -0.2) is 17.2 Å². The number of phenolic OH excluding ortho intramolecular Hbond substituents is 1. The molecule has 0 unspecified atom stereocenters. The van der Waals surface area contributed by atoms with Crippen molar-refractivity contribution in [1.82, 2.24) is 4.98 Å². The molecule has 3 heteroatoms. The van der Waals surface area contributed by atoms with Crippen molar-refractivity contribution in [2.45, 2.75) is 0 Å². The fourth-order valence-corrected chi connectivity index (χ4v) is 1.33. The van der Waals surface area contributed by atoms with Crippen LogP contribution in [0.1, 0.15) is 0 Å². The van der Waals surface area contributed by atoms with Gasteiger partial charge in [0.15, 0.2) is 0 Å². The van der Waals surface area contributed by atoms with E-state index in [1.54, 1.807) is 31.5 Å². The van der Waals surface area contributed by atoms with E-state index in [0.717, 1.165) is 17.0 Å². The van der Waals surface area contributed by atoms with Crippen LogP contribution in [0.2, 0.25) is 0 Å². The molecule has 0 spiro atoms. The van der Waals surface area contributed by atoms with Crippen LogP contribution < -0.4 is 4.74 Å². The number of nitrogens with zero attached hydrogens (tertiary/aromatic N) is 1. The van der Waals surface area contributed by atoms with Crippen LogP contribution in [0, 0.1) is 0 Å². The minimum absolute atomic E-state index is 0.252. The highest BCUT2D eigenvalue weighted by Gasteiger charge is 2.00.